The molecular formula is C17H18N2O2. The van der Waals surface area contributed by atoms with Gasteiger partial charge in [0.05, 0.1) is 0 Å². The van der Waals surface area contributed by atoms with Gasteiger partial charge >= 0.3 is 6.09 Å². The van der Waals surface area contributed by atoms with Crippen LogP contribution >= 0.6 is 0 Å². The first-order valence-electron chi connectivity index (χ1n) is 7.13. The number of amides is 1. The lowest BCUT2D eigenvalue weighted by molar-refractivity contribution is 0.0999. The molecular weight excluding hydrogens is 264 g/mol. The average molecular weight is 282 g/mol. The molecule has 1 aliphatic carbocycles. The zero-order chi connectivity index (χ0) is 14.7. The third-order valence-electron chi connectivity index (χ3n) is 3.72. The monoisotopic (exact) mass is 282 g/mol. The van der Waals surface area contributed by atoms with Crippen molar-refractivity contribution in [3.8, 4) is 0 Å². The summed E-state index contributed by atoms with van der Waals surface area (Å²) >= 11 is 0. The first kappa shape index (κ1) is 13.5. The Labute approximate surface area is 123 Å². The molecule has 0 fully saturated rings. The highest BCUT2D eigenvalue weighted by Gasteiger charge is 2.23. The first-order valence-corrected chi connectivity index (χ1v) is 7.13. The van der Waals surface area contributed by atoms with Crippen LogP contribution in [-0.2, 0) is 11.2 Å². The van der Waals surface area contributed by atoms with E-state index in [1.807, 2.05) is 18.2 Å². The lowest BCUT2D eigenvalue weighted by Crippen LogP contribution is -2.20. The number of hydrogen-bond acceptors (Lipinski definition) is 3. The van der Waals surface area contributed by atoms with Crippen molar-refractivity contribution in [2.24, 2.45) is 0 Å². The fourth-order valence-corrected chi connectivity index (χ4v) is 2.67. The predicted molar refractivity (Wildman–Crippen MR) is 83.1 cm³/mol. The largest absolute Gasteiger partial charge is 0.441 e. The molecule has 0 saturated carbocycles. The van der Waals surface area contributed by atoms with Gasteiger partial charge in [-0.25, -0.2) is 4.79 Å². The minimum atomic E-state index is -0.429. The second kappa shape index (κ2) is 5.87. The molecule has 0 bridgehead atoms. The van der Waals surface area contributed by atoms with Crippen LogP contribution in [0.4, 0.5) is 16.2 Å². The number of benzene rings is 2. The van der Waals surface area contributed by atoms with Gasteiger partial charge in [-0.1, -0.05) is 24.3 Å². The van der Waals surface area contributed by atoms with Gasteiger partial charge in [0.15, 0.2) is 0 Å². The van der Waals surface area contributed by atoms with Crippen molar-refractivity contribution < 1.29 is 9.53 Å². The molecule has 1 unspecified atom stereocenters. The standard InChI is InChI=1S/C17H18N2O2/c18-13-8-10-14(11-9-13)19-17(20)21-16-7-3-5-12-4-1-2-6-15(12)16/h1-2,4,6,8-11,16H,3,5,7,18H2,(H,19,20). The van der Waals surface area contributed by atoms with E-state index in [1.165, 1.54) is 5.56 Å². The molecule has 4 heteroatoms. The Morgan fingerprint density at radius 3 is 2.71 bits per heavy atom. The van der Waals surface area contributed by atoms with Crippen LogP contribution in [0.3, 0.4) is 0 Å². The molecule has 2 aromatic carbocycles. The summed E-state index contributed by atoms with van der Waals surface area (Å²) in [7, 11) is 0. The number of fused-ring (bicyclic) bond motifs is 1. The van der Waals surface area contributed by atoms with Gasteiger partial charge in [0.2, 0.25) is 0 Å². The van der Waals surface area contributed by atoms with Crippen LogP contribution in [0.25, 0.3) is 0 Å². The Morgan fingerprint density at radius 1 is 1.14 bits per heavy atom. The van der Waals surface area contributed by atoms with E-state index in [2.05, 4.69) is 11.4 Å². The molecule has 0 heterocycles. The lowest BCUT2D eigenvalue weighted by Gasteiger charge is -2.25. The third kappa shape index (κ3) is 3.16. The second-order valence-corrected chi connectivity index (χ2v) is 5.23. The molecule has 0 aliphatic heterocycles. The highest BCUT2D eigenvalue weighted by atomic mass is 16.6. The maximum absolute atomic E-state index is 12.0. The van der Waals surface area contributed by atoms with Crippen LogP contribution in [0, 0.1) is 0 Å². The molecule has 2 aromatic rings. The van der Waals surface area contributed by atoms with Crippen molar-refractivity contribution in [3.05, 3.63) is 59.7 Å². The summed E-state index contributed by atoms with van der Waals surface area (Å²) in [6.45, 7) is 0. The van der Waals surface area contributed by atoms with Crippen LogP contribution < -0.4 is 11.1 Å². The van der Waals surface area contributed by atoms with E-state index >= 15 is 0 Å². The molecule has 1 atom stereocenters. The van der Waals surface area contributed by atoms with Crippen molar-refractivity contribution in [3.63, 3.8) is 0 Å². The zero-order valence-corrected chi connectivity index (χ0v) is 11.7. The molecule has 1 aliphatic rings. The van der Waals surface area contributed by atoms with Crippen LogP contribution in [-0.4, -0.2) is 6.09 Å². The summed E-state index contributed by atoms with van der Waals surface area (Å²) in [6.07, 6.45) is 2.36. The van der Waals surface area contributed by atoms with Gasteiger partial charge in [0, 0.05) is 11.4 Å². The van der Waals surface area contributed by atoms with E-state index < -0.39 is 6.09 Å². The number of anilines is 2. The zero-order valence-electron chi connectivity index (χ0n) is 11.7. The summed E-state index contributed by atoms with van der Waals surface area (Å²) in [5.74, 6) is 0. The molecule has 0 spiro atoms. The number of nitrogens with two attached hydrogens (primary N) is 1. The van der Waals surface area contributed by atoms with E-state index in [1.54, 1.807) is 24.3 Å². The van der Waals surface area contributed by atoms with Gasteiger partial charge in [0.1, 0.15) is 6.10 Å². The lowest BCUT2D eigenvalue weighted by atomic mass is 9.89. The topological polar surface area (TPSA) is 64.3 Å². The van der Waals surface area contributed by atoms with Gasteiger partial charge in [-0.2, -0.15) is 0 Å². The minimum Gasteiger partial charge on any atom is -0.441 e. The van der Waals surface area contributed by atoms with Crippen molar-refractivity contribution in [1.82, 2.24) is 0 Å². The SMILES string of the molecule is Nc1ccc(NC(=O)OC2CCCc3ccccc32)cc1. The molecule has 1 amide bonds. The number of nitrogen functional groups attached to an aromatic ring is 1. The normalized spacial score (nSPS) is 16.9. The predicted octanol–water partition coefficient (Wildman–Crippen LogP) is 3.89. The summed E-state index contributed by atoms with van der Waals surface area (Å²) in [4.78, 5) is 12.0. The van der Waals surface area contributed by atoms with Crippen molar-refractivity contribution in [2.75, 3.05) is 11.1 Å². The van der Waals surface area contributed by atoms with E-state index in [-0.39, 0.29) is 6.10 Å². The summed E-state index contributed by atoms with van der Waals surface area (Å²) in [6, 6.07) is 15.1. The fourth-order valence-electron chi connectivity index (χ4n) is 2.67. The number of carbonyl (C=O) groups excluding carboxylic acids is 1. The molecule has 4 nitrogen and oxygen atoms in total. The molecule has 0 radical (unpaired) electrons. The van der Waals surface area contributed by atoms with Gasteiger partial charge in [0.25, 0.3) is 0 Å². The van der Waals surface area contributed by atoms with Crippen molar-refractivity contribution >= 4 is 17.5 Å². The number of aryl methyl sites for hydroxylation is 1. The molecule has 0 saturated heterocycles. The number of carbonyl (C=O) groups is 1. The first-order chi connectivity index (χ1) is 10.2. The second-order valence-electron chi connectivity index (χ2n) is 5.23. The summed E-state index contributed by atoms with van der Waals surface area (Å²) in [5.41, 5.74) is 9.35. The smallest absolute Gasteiger partial charge is 0.412 e. The molecule has 0 aromatic heterocycles. The van der Waals surface area contributed by atoms with Gasteiger partial charge in [-0.05, 0) is 54.7 Å². The van der Waals surface area contributed by atoms with Crippen molar-refractivity contribution in [1.29, 1.82) is 0 Å². The van der Waals surface area contributed by atoms with Crippen LogP contribution in [0.15, 0.2) is 48.5 Å². The quantitative estimate of drug-likeness (QED) is 0.821. The summed E-state index contributed by atoms with van der Waals surface area (Å²) < 4.78 is 5.57. The Hall–Kier alpha value is -2.49. The maximum atomic E-state index is 12.0. The minimum absolute atomic E-state index is 0.163. The highest BCUT2D eigenvalue weighted by molar-refractivity contribution is 5.85. The highest BCUT2D eigenvalue weighted by Crippen LogP contribution is 2.32. The van der Waals surface area contributed by atoms with Gasteiger partial charge < -0.3 is 10.5 Å². The van der Waals surface area contributed by atoms with Crippen LogP contribution in [0.2, 0.25) is 0 Å². The van der Waals surface area contributed by atoms with Crippen LogP contribution in [0.1, 0.15) is 30.1 Å². The maximum Gasteiger partial charge on any atom is 0.412 e. The van der Waals surface area contributed by atoms with Gasteiger partial charge in [-0.15, -0.1) is 0 Å². The molecule has 21 heavy (non-hydrogen) atoms. The Balaban J connectivity index is 1.67. The van der Waals surface area contributed by atoms with Crippen LogP contribution in [0.5, 0.6) is 0 Å². The third-order valence-corrected chi connectivity index (χ3v) is 3.72. The van der Waals surface area contributed by atoms with Gasteiger partial charge in [-0.3, -0.25) is 5.32 Å². The number of rotatable bonds is 2. The summed E-state index contributed by atoms with van der Waals surface area (Å²) in [5, 5.41) is 2.73. The average Bonchev–Trinajstić information content (AvgIpc) is 2.50. The van der Waals surface area contributed by atoms with Crippen molar-refractivity contribution in [2.45, 2.75) is 25.4 Å². The Morgan fingerprint density at radius 2 is 1.90 bits per heavy atom. The fraction of sp³-hybridized carbons (Fsp3) is 0.235. The molecule has 108 valence electrons. The number of hydrogen-bond donors (Lipinski definition) is 2. The van der Waals surface area contributed by atoms with E-state index in [4.69, 9.17) is 10.5 Å². The number of ether oxygens (including phenoxy) is 1. The Kier molecular flexibility index (Phi) is 3.77. The van der Waals surface area contributed by atoms with E-state index in [9.17, 15) is 4.79 Å². The number of nitrogens with one attached hydrogen (secondary N) is 1. The van der Waals surface area contributed by atoms with E-state index in [0.717, 1.165) is 24.8 Å². The molecule has 3 rings (SSSR count). The van der Waals surface area contributed by atoms with E-state index in [0.29, 0.717) is 11.4 Å². The Bertz CT molecular complexity index is 637. The molecule has 3 N–H and O–H groups in total.